The molecule has 4 aromatic rings. The molecule has 1 atom stereocenters. The summed E-state index contributed by atoms with van der Waals surface area (Å²) in [6.07, 6.45) is 14.3. The molecule has 0 radical (unpaired) electrons. The highest BCUT2D eigenvalue weighted by Crippen LogP contribution is 2.45. The van der Waals surface area contributed by atoms with Gasteiger partial charge in [-0.05, 0) is 87.9 Å². The predicted octanol–water partition coefficient (Wildman–Crippen LogP) is 9.21. The number of hydrogen-bond acceptors (Lipinski definition) is 1. The van der Waals surface area contributed by atoms with Crippen molar-refractivity contribution < 1.29 is 4.74 Å². The third-order valence-electron chi connectivity index (χ3n) is 7.46. The summed E-state index contributed by atoms with van der Waals surface area (Å²) in [4.78, 5) is 0. The normalized spacial score (nSPS) is 19.5. The molecule has 1 nitrogen and oxygen atoms in total. The minimum atomic E-state index is 0.517. The Morgan fingerprint density at radius 3 is 2.42 bits per heavy atom. The molecular formula is C35H32O. The molecular weight excluding hydrogens is 436 g/mol. The Morgan fingerprint density at radius 1 is 0.806 bits per heavy atom. The first-order chi connectivity index (χ1) is 17.7. The molecule has 1 heteroatoms. The van der Waals surface area contributed by atoms with Crippen molar-refractivity contribution in [2.75, 3.05) is 6.61 Å². The fourth-order valence-corrected chi connectivity index (χ4v) is 5.66. The number of allylic oxidation sites excluding steroid dienone is 4. The highest BCUT2D eigenvalue weighted by Gasteiger charge is 2.23. The van der Waals surface area contributed by atoms with Crippen LogP contribution in [0.4, 0.5) is 0 Å². The SMILES string of the molecule is CC1=C\Cc2ccc(-c3c4c(c(-c5ccccc5)c5ccccc35)CC(C)C=C4)cc2OCC/C=C\1. The zero-order valence-electron chi connectivity index (χ0n) is 21.1. The van der Waals surface area contributed by atoms with Crippen molar-refractivity contribution in [3.63, 3.8) is 0 Å². The van der Waals surface area contributed by atoms with Crippen LogP contribution in [0.5, 0.6) is 5.75 Å². The maximum atomic E-state index is 6.33. The fourth-order valence-electron chi connectivity index (χ4n) is 5.66. The highest BCUT2D eigenvalue weighted by molar-refractivity contribution is 6.10. The van der Waals surface area contributed by atoms with Crippen molar-refractivity contribution in [2.45, 2.75) is 33.1 Å². The highest BCUT2D eigenvalue weighted by atomic mass is 16.5. The molecule has 0 saturated carbocycles. The minimum Gasteiger partial charge on any atom is -0.493 e. The Hall–Kier alpha value is -3.84. The Bertz CT molecular complexity index is 1520. The monoisotopic (exact) mass is 468 g/mol. The van der Waals surface area contributed by atoms with Gasteiger partial charge in [0.05, 0.1) is 6.61 Å². The summed E-state index contributed by atoms with van der Waals surface area (Å²) < 4.78 is 6.33. The summed E-state index contributed by atoms with van der Waals surface area (Å²) in [5.41, 5.74) is 10.6. The van der Waals surface area contributed by atoms with Gasteiger partial charge in [0.15, 0.2) is 0 Å². The molecule has 1 aliphatic heterocycles. The van der Waals surface area contributed by atoms with Crippen molar-refractivity contribution in [3.8, 4) is 28.0 Å². The molecule has 4 aromatic carbocycles. The molecule has 1 aliphatic carbocycles. The van der Waals surface area contributed by atoms with Crippen molar-refractivity contribution >= 4 is 16.8 Å². The van der Waals surface area contributed by atoms with E-state index in [1.165, 1.54) is 55.3 Å². The molecule has 0 fully saturated rings. The summed E-state index contributed by atoms with van der Waals surface area (Å²) in [5, 5.41) is 2.62. The zero-order chi connectivity index (χ0) is 24.5. The van der Waals surface area contributed by atoms with Crippen LogP contribution in [0.15, 0.2) is 103 Å². The zero-order valence-corrected chi connectivity index (χ0v) is 21.1. The van der Waals surface area contributed by atoms with Crippen LogP contribution in [0.3, 0.4) is 0 Å². The molecule has 1 unspecified atom stereocenters. The van der Waals surface area contributed by atoms with Crippen molar-refractivity contribution in [1.82, 2.24) is 0 Å². The standard InChI is InChI=1S/C35H32O/c1-24-10-8-9-21-36-33-23-28(19-18-26(33)17-15-24)35-30-14-7-6-13-29(30)34(27-11-4-3-5-12-27)32-22-25(2)16-20-31(32)35/h3-8,10-16,18-20,23,25H,9,17,21-22H2,1-2H3/b10-8-,24-15+. The van der Waals surface area contributed by atoms with Crippen molar-refractivity contribution in [2.24, 2.45) is 5.92 Å². The van der Waals surface area contributed by atoms with Gasteiger partial charge in [-0.25, -0.2) is 0 Å². The van der Waals surface area contributed by atoms with Crippen LogP contribution in [0.2, 0.25) is 0 Å². The molecule has 178 valence electrons. The summed E-state index contributed by atoms with van der Waals surface area (Å²) in [5.74, 6) is 1.52. The Morgan fingerprint density at radius 2 is 1.58 bits per heavy atom. The number of rotatable bonds is 2. The van der Waals surface area contributed by atoms with E-state index in [-0.39, 0.29) is 0 Å². The van der Waals surface area contributed by atoms with Crippen LogP contribution in [-0.2, 0) is 12.8 Å². The topological polar surface area (TPSA) is 9.23 Å². The predicted molar refractivity (Wildman–Crippen MR) is 153 cm³/mol. The molecule has 0 aromatic heterocycles. The maximum absolute atomic E-state index is 6.33. The van der Waals surface area contributed by atoms with E-state index in [2.05, 4.69) is 117 Å². The lowest BCUT2D eigenvalue weighted by atomic mass is 9.78. The van der Waals surface area contributed by atoms with Gasteiger partial charge in [-0.1, -0.05) is 110 Å². The second-order valence-electron chi connectivity index (χ2n) is 10.1. The van der Waals surface area contributed by atoms with E-state index in [1.54, 1.807) is 0 Å². The smallest absolute Gasteiger partial charge is 0.123 e. The molecule has 1 heterocycles. The van der Waals surface area contributed by atoms with Gasteiger partial charge < -0.3 is 4.74 Å². The first-order valence-corrected chi connectivity index (χ1v) is 13.1. The summed E-state index contributed by atoms with van der Waals surface area (Å²) in [7, 11) is 0. The number of hydrogen-bond donors (Lipinski definition) is 0. The molecule has 6 rings (SSSR count). The molecule has 0 amide bonds. The van der Waals surface area contributed by atoms with Gasteiger partial charge in [0.25, 0.3) is 0 Å². The molecule has 0 bridgehead atoms. The van der Waals surface area contributed by atoms with E-state index in [4.69, 9.17) is 4.74 Å². The molecule has 36 heavy (non-hydrogen) atoms. The minimum absolute atomic E-state index is 0.517. The molecule has 2 aliphatic rings. The number of ether oxygens (including phenoxy) is 1. The average Bonchev–Trinajstić information content (AvgIpc) is 2.91. The van der Waals surface area contributed by atoms with Crippen molar-refractivity contribution in [1.29, 1.82) is 0 Å². The van der Waals surface area contributed by atoms with Gasteiger partial charge in [-0.15, -0.1) is 0 Å². The maximum Gasteiger partial charge on any atom is 0.123 e. The van der Waals surface area contributed by atoms with Gasteiger partial charge >= 0.3 is 0 Å². The second kappa shape index (κ2) is 9.66. The van der Waals surface area contributed by atoms with Gasteiger partial charge in [0.2, 0.25) is 0 Å². The van der Waals surface area contributed by atoms with Crippen LogP contribution in [0.25, 0.3) is 39.1 Å². The van der Waals surface area contributed by atoms with E-state index in [0.29, 0.717) is 12.5 Å². The molecule has 0 spiro atoms. The number of fused-ring (bicyclic) bond motifs is 3. The van der Waals surface area contributed by atoms with Crippen LogP contribution in [-0.4, -0.2) is 6.61 Å². The third kappa shape index (κ3) is 4.20. The molecule has 0 N–H and O–H groups in total. The van der Waals surface area contributed by atoms with Gasteiger partial charge in [-0.2, -0.15) is 0 Å². The van der Waals surface area contributed by atoms with Crippen LogP contribution < -0.4 is 4.74 Å². The van der Waals surface area contributed by atoms with E-state index in [1.807, 2.05) is 0 Å². The van der Waals surface area contributed by atoms with Crippen LogP contribution in [0.1, 0.15) is 37.0 Å². The largest absolute Gasteiger partial charge is 0.493 e. The third-order valence-corrected chi connectivity index (χ3v) is 7.46. The summed E-state index contributed by atoms with van der Waals surface area (Å²) >= 11 is 0. The fraction of sp³-hybridized carbons (Fsp3) is 0.200. The van der Waals surface area contributed by atoms with E-state index >= 15 is 0 Å². The first kappa shape index (κ1) is 22.6. The van der Waals surface area contributed by atoms with Crippen LogP contribution >= 0.6 is 0 Å². The van der Waals surface area contributed by atoms with E-state index in [9.17, 15) is 0 Å². The average molecular weight is 469 g/mol. The first-order valence-electron chi connectivity index (χ1n) is 13.1. The molecule has 0 saturated heterocycles. The quantitative estimate of drug-likeness (QED) is 0.285. The van der Waals surface area contributed by atoms with E-state index in [0.717, 1.165) is 25.0 Å². The Labute approximate surface area is 214 Å². The second-order valence-corrected chi connectivity index (χ2v) is 10.1. The van der Waals surface area contributed by atoms with Gasteiger partial charge in [-0.3, -0.25) is 0 Å². The lowest BCUT2D eigenvalue weighted by Crippen LogP contribution is -2.08. The Balaban J connectivity index is 1.60. The van der Waals surface area contributed by atoms with E-state index < -0.39 is 0 Å². The lowest BCUT2D eigenvalue weighted by Gasteiger charge is -2.26. The number of benzene rings is 4. The summed E-state index contributed by atoms with van der Waals surface area (Å²) in [6.45, 7) is 5.19. The van der Waals surface area contributed by atoms with Crippen molar-refractivity contribution in [3.05, 3.63) is 119 Å². The van der Waals surface area contributed by atoms with Gasteiger partial charge in [0, 0.05) is 0 Å². The van der Waals surface area contributed by atoms with Crippen LogP contribution in [0, 0.1) is 5.92 Å². The Kier molecular flexibility index (Phi) is 6.07. The lowest BCUT2D eigenvalue weighted by molar-refractivity contribution is 0.322. The van der Waals surface area contributed by atoms with Gasteiger partial charge in [0.1, 0.15) is 5.75 Å². The summed E-state index contributed by atoms with van der Waals surface area (Å²) in [6, 6.07) is 26.6.